The number of fused-ring (bicyclic) bond motifs is 1. The van der Waals surface area contributed by atoms with Crippen molar-refractivity contribution in [3.8, 4) is 0 Å². The Morgan fingerprint density at radius 3 is 2.70 bits per heavy atom. The molecule has 1 aromatic carbocycles. The van der Waals surface area contributed by atoms with Crippen LogP contribution in [0.3, 0.4) is 0 Å². The lowest BCUT2D eigenvalue weighted by Gasteiger charge is -2.33. The number of nitrogens with one attached hydrogen (secondary N) is 2. The van der Waals surface area contributed by atoms with Gasteiger partial charge in [0.1, 0.15) is 0 Å². The van der Waals surface area contributed by atoms with Crippen molar-refractivity contribution >= 4 is 16.1 Å². The van der Waals surface area contributed by atoms with Gasteiger partial charge in [-0.3, -0.25) is 0 Å². The van der Waals surface area contributed by atoms with E-state index in [4.69, 9.17) is 0 Å². The number of hydrogen-bond acceptors (Lipinski definition) is 4. The van der Waals surface area contributed by atoms with Crippen molar-refractivity contribution in [3.63, 3.8) is 0 Å². The topological polar surface area (TPSA) is 84.5 Å². The summed E-state index contributed by atoms with van der Waals surface area (Å²) in [4.78, 5) is 11.5. The van der Waals surface area contributed by atoms with Gasteiger partial charge in [-0.1, -0.05) is 24.3 Å². The van der Waals surface area contributed by atoms with Crippen LogP contribution in [0.15, 0.2) is 24.3 Å². The average molecular weight is 298 g/mol. The molecule has 2 rings (SSSR count). The van der Waals surface area contributed by atoms with Gasteiger partial charge in [-0.15, -0.1) is 0 Å². The van der Waals surface area contributed by atoms with Crippen LogP contribution in [0.1, 0.15) is 23.6 Å². The Bertz CT molecular complexity index is 600. The van der Waals surface area contributed by atoms with E-state index in [0.29, 0.717) is 6.42 Å². The number of carbonyl (C=O) groups excluding carboxylic acids is 1. The van der Waals surface area contributed by atoms with Gasteiger partial charge in [-0.25, -0.2) is 17.9 Å². The summed E-state index contributed by atoms with van der Waals surface area (Å²) in [5, 5.41) is 2.71. The molecule has 2 N–H and O–H groups in total. The highest BCUT2D eigenvalue weighted by molar-refractivity contribution is 7.88. The lowest BCUT2D eigenvalue weighted by Crippen LogP contribution is -2.48. The quantitative estimate of drug-likeness (QED) is 0.870. The van der Waals surface area contributed by atoms with Gasteiger partial charge < -0.3 is 10.1 Å². The minimum atomic E-state index is -3.34. The van der Waals surface area contributed by atoms with Crippen LogP contribution in [-0.4, -0.2) is 33.9 Å². The molecule has 0 saturated carbocycles. The van der Waals surface area contributed by atoms with Crippen molar-refractivity contribution in [1.82, 2.24) is 10.0 Å². The summed E-state index contributed by atoms with van der Waals surface area (Å²) in [5.74, 6) is 0. The van der Waals surface area contributed by atoms with Crippen LogP contribution in [0.4, 0.5) is 4.79 Å². The maximum absolute atomic E-state index is 11.5. The smallest absolute Gasteiger partial charge is 0.407 e. The molecule has 1 aliphatic carbocycles. The summed E-state index contributed by atoms with van der Waals surface area (Å²) in [7, 11) is -2.06. The molecule has 0 fully saturated rings. The minimum absolute atomic E-state index is 0.376. The maximum Gasteiger partial charge on any atom is 0.407 e. The molecule has 1 aromatic rings. The van der Waals surface area contributed by atoms with Crippen LogP contribution in [-0.2, 0) is 21.2 Å². The first kappa shape index (κ1) is 14.8. The molecule has 7 heteroatoms. The van der Waals surface area contributed by atoms with Gasteiger partial charge in [0.15, 0.2) is 0 Å². The molecule has 0 bridgehead atoms. The van der Waals surface area contributed by atoms with Crippen molar-refractivity contribution in [3.05, 3.63) is 35.4 Å². The van der Waals surface area contributed by atoms with E-state index in [0.717, 1.165) is 23.8 Å². The lowest BCUT2D eigenvalue weighted by molar-refractivity contribution is 0.163. The molecular weight excluding hydrogens is 280 g/mol. The SMILES string of the molecule is COC(=O)NC1c2ccccc2CCC1NS(C)(=O)=O. The second-order valence-corrected chi connectivity index (χ2v) is 6.63. The first-order chi connectivity index (χ1) is 9.40. The Morgan fingerprint density at radius 2 is 2.05 bits per heavy atom. The van der Waals surface area contributed by atoms with Crippen LogP contribution in [0.25, 0.3) is 0 Å². The molecule has 110 valence electrons. The molecule has 6 nitrogen and oxygen atoms in total. The number of aryl methyl sites for hydroxylation is 1. The number of rotatable bonds is 3. The summed E-state index contributed by atoms with van der Waals surface area (Å²) in [6.07, 6.45) is 1.93. The molecule has 0 aliphatic heterocycles. The largest absolute Gasteiger partial charge is 0.453 e. The van der Waals surface area contributed by atoms with Crippen molar-refractivity contribution in [1.29, 1.82) is 0 Å². The monoisotopic (exact) mass is 298 g/mol. The summed E-state index contributed by atoms with van der Waals surface area (Å²) < 4.78 is 30.1. The number of hydrogen-bond donors (Lipinski definition) is 2. The summed E-state index contributed by atoms with van der Waals surface area (Å²) in [5.41, 5.74) is 2.03. The third kappa shape index (κ3) is 3.49. The molecule has 2 atom stereocenters. The van der Waals surface area contributed by atoms with E-state index < -0.39 is 22.2 Å². The Balaban J connectivity index is 2.32. The van der Waals surface area contributed by atoms with E-state index in [1.165, 1.54) is 7.11 Å². The fraction of sp³-hybridized carbons (Fsp3) is 0.462. The summed E-state index contributed by atoms with van der Waals surface area (Å²) in [6, 6.07) is 6.87. The Labute approximate surface area is 118 Å². The predicted octanol–water partition coefficient (Wildman–Crippen LogP) is 0.948. The molecule has 20 heavy (non-hydrogen) atoms. The number of amides is 1. The normalized spacial score (nSPS) is 21.9. The summed E-state index contributed by atoms with van der Waals surface area (Å²) >= 11 is 0. The molecule has 0 spiro atoms. The number of carbonyl (C=O) groups is 1. The van der Waals surface area contributed by atoms with Gasteiger partial charge in [0.25, 0.3) is 0 Å². The molecule has 1 amide bonds. The number of benzene rings is 1. The Kier molecular flexibility index (Phi) is 4.29. The number of methoxy groups -OCH3 is 1. The first-order valence-electron chi connectivity index (χ1n) is 6.30. The van der Waals surface area contributed by atoms with Crippen molar-refractivity contribution < 1.29 is 17.9 Å². The highest BCUT2D eigenvalue weighted by Gasteiger charge is 2.32. The van der Waals surface area contributed by atoms with Crippen LogP contribution in [0.2, 0.25) is 0 Å². The number of alkyl carbamates (subject to hydrolysis) is 1. The fourth-order valence-corrected chi connectivity index (χ4v) is 3.33. The van der Waals surface area contributed by atoms with E-state index in [9.17, 15) is 13.2 Å². The molecular formula is C13H18N2O4S. The van der Waals surface area contributed by atoms with Gasteiger partial charge in [0, 0.05) is 6.04 Å². The molecule has 0 saturated heterocycles. The van der Waals surface area contributed by atoms with E-state index in [-0.39, 0.29) is 6.04 Å². The van der Waals surface area contributed by atoms with Crippen molar-refractivity contribution in [2.75, 3.05) is 13.4 Å². The van der Waals surface area contributed by atoms with E-state index in [2.05, 4.69) is 14.8 Å². The van der Waals surface area contributed by atoms with Crippen LogP contribution < -0.4 is 10.0 Å². The first-order valence-corrected chi connectivity index (χ1v) is 8.19. The second kappa shape index (κ2) is 5.80. The minimum Gasteiger partial charge on any atom is -0.453 e. The van der Waals surface area contributed by atoms with Crippen LogP contribution in [0.5, 0.6) is 0 Å². The Hall–Kier alpha value is -1.60. The predicted molar refractivity (Wildman–Crippen MR) is 74.8 cm³/mol. The highest BCUT2D eigenvalue weighted by atomic mass is 32.2. The standard InChI is InChI=1S/C13H18N2O4S/c1-19-13(16)14-12-10-6-4-3-5-9(10)7-8-11(12)15-20(2,17)18/h3-6,11-12,15H,7-8H2,1-2H3,(H,14,16). The zero-order chi connectivity index (χ0) is 14.8. The van der Waals surface area contributed by atoms with Crippen molar-refractivity contribution in [2.24, 2.45) is 0 Å². The fourth-order valence-electron chi connectivity index (χ4n) is 2.53. The molecule has 2 unspecified atom stereocenters. The van der Waals surface area contributed by atoms with E-state index in [1.54, 1.807) is 0 Å². The van der Waals surface area contributed by atoms with Crippen molar-refractivity contribution in [2.45, 2.75) is 24.9 Å². The van der Waals surface area contributed by atoms with Crippen LogP contribution >= 0.6 is 0 Å². The van der Waals surface area contributed by atoms with Gasteiger partial charge in [-0.2, -0.15) is 0 Å². The molecule has 0 heterocycles. The maximum atomic E-state index is 11.5. The highest BCUT2D eigenvalue weighted by Crippen LogP contribution is 2.30. The average Bonchev–Trinajstić information content (AvgIpc) is 2.39. The molecule has 0 aromatic heterocycles. The second-order valence-electron chi connectivity index (χ2n) is 4.85. The van der Waals surface area contributed by atoms with Gasteiger partial charge in [0.05, 0.1) is 19.4 Å². The van der Waals surface area contributed by atoms with Crippen LogP contribution in [0, 0.1) is 0 Å². The Morgan fingerprint density at radius 1 is 1.35 bits per heavy atom. The third-order valence-electron chi connectivity index (χ3n) is 3.34. The zero-order valence-corrected chi connectivity index (χ0v) is 12.2. The van der Waals surface area contributed by atoms with Gasteiger partial charge in [0.2, 0.25) is 10.0 Å². The lowest BCUT2D eigenvalue weighted by atomic mass is 9.84. The number of sulfonamides is 1. The number of ether oxygens (including phenoxy) is 1. The molecule has 1 aliphatic rings. The summed E-state index contributed by atoms with van der Waals surface area (Å²) in [6.45, 7) is 0. The third-order valence-corrected chi connectivity index (χ3v) is 4.07. The van der Waals surface area contributed by atoms with E-state index >= 15 is 0 Å². The van der Waals surface area contributed by atoms with E-state index in [1.807, 2.05) is 24.3 Å². The van der Waals surface area contributed by atoms with Gasteiger partial charge >= 0.3 is 6.09 Å². The van der Waals surface area contributed by atoms with Gasteiger partial charge in [-0.05, 0) is 24.0 Å². The molecule has 0 radical (unpaired) electrons. The zero-order valence-electron chi connectivity index (χ0n) is 11.4.